The quantitative estimate of drug-likeness (QED) is 0.637. The summed E-state index contributed by atoms with van der Waals surface area (Å²) in [6.45, 7) is 3.59. The number of rotatable bonds is 9. The largest absolute Gasteiger partial charge is 0.382 e. The molecule has 2 aromatic rings. The molecule has 8 heteroatoms. The minimum Gasteiger partial charge on any atom is -0.382 e. The molecule has 2 aromatic carbocycles. The molecule has 0 radical (unpaired) electrons. The molecular weight excluding hydrogens is 376 g/mol. The fourth-order valence-electron chi connectivity index (χ4n) is 2.19. The van der Waals surface area contributed by atoms with Gasteiger partial charge in [0.25, 0.3) is 15.9 Å². The molecule has 0 aromatic heterocycles. The molecule has 140 valence electrons. The summed E-state index contributed by atoms with van der Waals surface area (Å²) in [7, 11) is -3.71. The van der Waals surface area contributed by atoms with Gasteiger partial charge in [-0.05, 0) is 43.7 Å². The van der Waals surface area contributed by atoms with E-state index in [-0.39, 0.29) is 27.1 Å². The van der Waals surface area contributed by atoms with Crippen molar-refractivity contribution in [2.45, 2.75) is 18.2 Å². The zero-order valence-electron chi connectivity index (χ0n) is 14.4. The molecule has 0 saturated heterocycles. The maximum absolute atomic E-state index is 12.3. The van der Waals surface area contributed by atoms with Crippen LogP contribution in [0.3, 0.4) is 0 Å². The number of anilines is 1. The first-order chi connectivity index (χ1) is 12.4. The highest BCUT2D eigenvalue weighted by Crippen LogP contribution is 2.23. The topological polar surface area (TPSA) is 84.5 Å². The second-order valence-corrected chi connectivity index (χ2v) is 7.51. The van der Waals surface area contributed by atoms with Gasteiger partial charge in [0.15, 0.2) is 0 Å². The van der Waals surface area contributed by atoms with E-state index in [0.29, 0.717) is 26.2 Å². The van der Waals surface area contributed by atoms with E-state index in [2.05, 4.69) is 10.0 Å². The molecule has 6 nitrogen and oxygen atoms in total. The maximum Gasteiger partial charge on any atom is 0.261 e. The van der Waals surface area contributed by atoms with E-state index in [0.717, 1.165) is 0 Å². The van der Waals surface area contributed by atoms with Crippen molar-refractivity contribution in [2.75, 3.05) is 24.5 Å². The predicted molar refractivity (Wildman–Crippen MR) is 102 cm³/mol. The maximum atomic E-state index is 12.3. The zero-order chi connectivity index (χ0) is 19.0. The number of carbonyl (C=O) groups excluding carboxylic acids is 1. The number of nitrogens with one attached hydrogen (secondary N) is 2. The van der Waals surface area contributed by atoms with Crippen molar-refractivity contribution in [1.29, 1.82) is 0 Å². The number of sulfonamides is 1. The van der Waals surface area contributed by atoms with E-state index in [1.54, 1.807) is 18.2 Å². The summed E-state index contributed by atoms with van der Waals surface area (Å²) in [6, 6.07) is 12.4. The Hall–Kier alpha value is -2.09. The number of halogens is 1. The molecule has 0 spiro atoms. The smallest absolute Gasteiger partial charge is 0.261 e. The van der Waals surface area contributed by atoms with Crippen molar-refractivity contribution < 1.29 is 17.9 Å². The first-order valence-corrected chi connectivity index (χ1v) is 10.0. The Labute approximate surface area is 158 Å². The van der Waals surface area contributed by atoms with Crippen LogP contribution in [0.2, 0.25) is 5.02 Å². The van der Waals surface area contributed by atoms with Gasteiger partial charge < -0.3 is 10.1 Å². The fourth-order valence-corrected chi connectivity index (χ4v) is 3.53. The van der Waals surface area contributed by atoms with E-state index in [1.165, 1.54) is 30.3 Å². The summed E-state index contributed by atoms with van der Waals surface area (Å²) in [5.74, 6) is -0.316. The minimum atomic E-state index is -3.71. The van der Waals surface area contributed by atoms with Crippen LogP contribution in [0.25, 0.3) is 0 Å². The molecule has 2 N–H and O–H groups in total. The van der Waals surface area contributed by atoms with Crippen LogP contribution in [-0.4, -0.2) is 34.1 Å². The van der Waals surface area contributed by atoms with E-state index in [9.17, 15) is 13.2 Å². The van der Waals surface area contributed by atoms with Gasteiger partial charge in [-0.2, -0.15) is 0 Å². The monoisotopic (exact) mass is 396 g/mol. The van der Waals surface area contributed by atoms with Gasteiger partial charge in [0.1, 0.15) is 0 Å². The number of amides is 1. The highest BCUT2D eigenvalue weighted by molar-refractivity contribution is 7.92. The van der Waals surface area contributed by atoms with Crippen LogP contribution in [-0.2, 0) is 14.8 Å². The van der Waals surface area contributed by atoms with Gasteiger partial charge in [0.05, 0.1) is 21.2 Å². The molecule has 0 fully saturated rings. The van der Waals surface area contributed by atoms with Crippen molar-refractivity contribution in [2.24, 2.45) is 0 Å². The number of ether oxygens (including phenoxy) is 1. The lowest BCUT2D eigenvalue weighted by Gasteiger charge is -2.11. The Kier molecular flexibility index (Phi) is 7.44. The van der Waals surface area contributed by atoms with Crippen LogP contribution in [0.5, 0.6) is 0 Å². The van der Waals surface area contributed by atoms with Crippen molar-refractivity contribution in [3.05, 3.63) is 59.1 Å². The Morgan fingerprint density at radius 1 is 1.15 bits per heavy atom. The Morgan fingerprint density at radius 2 is 1.88 bits per heavy atom. The van der Waals surface area contributed by atoms with Gasteiger partial charge in [-0.25, -0.2) is 8.42 Å². The molecule has 0 saturated carbocycles. The lowest BCUT2D eigenvalue weighted by atomic mass is 10.2. The average molecular weight is 397 g/mol. The van der Waals surface area contributed by atoms with Crippen molar-refractivity contribution in [3.8, 4) is 0 Å². The highest BCUT2D eigenvalue weighted by Gasteiger charge is 2.16. The molecule has 0 heterocycles. The number of hydrogen-bond donors (Lipinski definition) is 2. The zero-order valence-corrected chi connectivity index (χ0v) is 15.9. The molecule has 0 bridgehead atoms. The van der Waals surface area contributed by atoms with Gasteiger partial charge in [0, 0.05) is 19.8 Å². The van der Waals surface area contributed by atoms with Crippen LogP contribution in [0.15, 0.2) is 53.4 Å². The van der Waals surface area contributed by atoms with Crippen LogP contribution in [0.1, 0.15) is 23.7 Å². The highest BCUT2D eigenvalue weighted by atomic mass is 35.5. The minimum absolute atomic E-state index is 0.146. The molecule has 2 rings (SSSR count). The standard InChI is InChI=1S/C18H21ClN2O4S/c1-2-25-12-6-11-20-18(22)16-10-9-14(13-17(16)19)21-26(23,24)15-7-4-3-5-8-15/h3-5,7-10,13,21H,2,6,11-12H2,1H3,(H,20,22). The van der Waals surface area contributed by atoms with Gasteiger partial charge >= 0.3 is 0 Å². The van der Waals surface area contributed by atoms with Crippen molar-refractivity contribution >= 4 is 33.2 Å². The van der Waals surface area contributed by atoms with Crippen molar-refractivity contribution in [3.63, 3.8) is 0 Å². The predicted octanol–water partition coefficient (Wildman–Crippen LogP) is 3.30. The third kappa shape index (κ3) is 5.72. The summed E-state index contributed by atoms with van der Waals surface area (Å²) in [6.07, 6.45) is 0.701. The van der Waals surface area contributed by atoms with Crippen molar-refractivity contribution in [1.82, 2.24) is 5.32 Å². The first-order valence-electron chi connectivity index (χ1n) is 8.17. The summed E-state index contributed by atoms with van der Waals surface area (Å²) in [5, 5.41) is 2.92. The van der Waals surface area contributed by atoms with Crippen LogP contribution in [0.4, 0.5) is 5.69 Å². The van der Waals surface area contributed by atoms with E-state index in [1.807, 2.05) is 6.92 Å². The molecule has 26 heavy (non-hydrogen) atoms. The van der Waals surface area contributed by atoms with Crippen LogP contribution in [0, 0.1) is 0 Å². The van der Waals surface area contributed by atoms with Gasteiger partial charge in [-0.15, -0.1) is 0 Å². The Balaban J connectivity index is 2.02. The fraction of sp³-hybridized carbons (Fsp3) is 0.278. The molecule has 0 aliphatic carbocycles. The Morgan fingerprint density at radius 3 is 2.54 bits per heavy atom. The number of hydrogen-bond acceptors (Lipinski definition) is 4. The van der Waals surface area contributed by atoms with Gasteiger partial charge in [0.2, 0.25) is 0 Å². The van der Waals surface area contributed by atoms with E-state index >= 15 is 0 Å². The Bertz CT molecular complexity index is 842. The van der Waals surface area contributed by atoms with E-state index < -0.39 is 10.0 Å². The SMILES string of the molecule is CCOCCCNC(=O)c1ccc(NS(=O)(=O)c2ccccc2)cc1Cl. The van der Waals surface area contributed by atoms with Gasteiger partial charge in [-0.1, -0.05) is 29.8 Å². The molecular formula is C18H21ClN2O4S. The number of benzene rings is 2. The number of carbonyl (C=O) groups is 1. The molecule has 0 aliphatic heterocycles. The lowest BCUT2D eigenvalue weighted by Crippen LogP contribution is -2.25. The second kappa shape index (κ2) is 9.56. The molecule has 0 atom stereocenters. The second-order valence-electron chi connectivity index (χ2n) is 5.42. The normalized spacial score (nSPS) is 11.2. The van der Waals surface area contributed by atoms with Crippen LogP contribution >= 0.6 is 11.6 Å². The van der Waals surface area contributed by atoms with E-state index in [4.69, 9.17) is 16.3 Å². The van der Waals surface area contributed by atoms with Crippen LogP contribution < -0.4 is 10.0 Å². The third-order valence-corrected chi connectivity index (χ3v) is 5.18. The average Bonchev–Trinajstić information content (AvgIpc) is 2.62. The first kappa shape index (κ1) is 20.2. The molecule has 0 unspecified atom stereocenters. The molecule has 1 amide bonds. The van der Waals surface area contributed by atoms with Gasteiger partial charge in [-0.3, -0.25) is 9.52 Å². The summed E-state index contributed by atoms with van der Waals surface area (Å²) >= 11 is 6.14. The third-order valence-electron chi connectivity index (χ3n) is 3.47. The molecule has 0 aliphatic rings. The summed E-state index contributed by atoms with van der Waals surface area (Å²) in [4.78, 5) is 12.3. The summed E-state index contributed by atoms with van der Waals surface area (Å²) < 4.78 is 32.3. The lowest BCUT2D eigenvalue weighted by molar-refractivity contribution is 0.0944. The summed E-state index contributed by atoms with van der Waals surface area (Å²) in [5.41, 5.74) is 0.567.